The van der Waals surface area contributed by atoms with Crippen molar-refractivity contribution in [1.29, 1.82) is 0 Å². The summed E-state index contributed by atoms with van der Waals surface area (Å²) < 4.78 is 51.7. The van der Waals surface area contributed by atoms with Crippen LogP contribution in [0.25, 0.3) is 0 Å². The predicted octanol–water partition coefficient (Wildman–Crippen LogP) is 4.28. The molecule has 0 saturated carbocycles. The molecule has 0 amide bonds. The van der Waals surface area contributed by atoms with Crippen molar-refractivity contribution in [2.24, 2.45) is 0 Å². The van der Waals surface area contributed by atoms with Gasteiger partial charge in [0.15, 0.2) is 0 Å². The number of halogens is 4. The minimum Gasteiger partial charge on any atom is -0.218 e. The zero-order valence-electron chi connectivity index (χ0n) is 10.6. The van der Waals surface area contributed by atoms with Crippen molar-refractivity contribution in [3.63, 3.8) is 0 Å². The van der Waals surface area contributed by atoms with Crippen LogP contribution in [0.3, 0.4) is 0 Å². The lowest BCUT2D eigenvalue weighted by Crippen LogP contribution is -2.08. The van der Waals surface area contributed by atoms with Gasteiger partial charge in [0, 0.05) is 11.8 Å². The number of sulfone groups is 1. The van der Waals surface area contributed by atoms with E-state index in [0.717, 1.165) is 36.4 Å². The molecule has 2 aromatic rings. The fourth-order valence-electron chi connectivity index (χ4n) is 1.95. The number of alkyl halides is 2. The van der Waals surface area contributed by atoms with Crippen molar-refractivity contribution >= 4 is 33.0 Å². The highest BCUT2D eigenvalue weighted by Gasteiger charge is 2.24. The first kappa shape index (κ1) is 16.2. The fraction of sp³-hybridized carbons (Fsp3) is 0.143. The van der Waals surface area contributed by atoms with Crippen molar-refractivity contribution in [1.82, 2.24) is 0 Å². The fourth-order valence-corrected chi connectivity index (χ4v) is 4.23. The molecule has 0 aliphatic carbocycles. The van der Waals surface area contributed by atoms with Crippen molar-refractivity contribution in [2.45, 2.75) is 21.6 Å². The van der Waals surface area contributed by atoms with E-state index < -0.39 is 21.5 Å². The van der Waals surface area contributed by atoms with Crippen LogP contribution < -0.4 is 0 Å². The minimum absolute atomic E-state index is 0.114. The molecular formula is C14H10Cl2F2O2S. The molecule has 2 aromatic carbocycles. The third-order valence-corrected chi connectivity index (χ3v) is 5.44. The lowest BCUT2D eigenvalue weighted by atomic mass is 10.2. The van der Waals surface area contributed by atoms with Gasteiger partial charge < -0.3 is 0 Å². The third-order valence-electron chi connectivity index (χ3n) is 2.91. The Labute approximate surface area is 131 Å². The van der Waals surface area contributed by atoms with Crippen LogP contribution in [0.15, 0.2) is 46.2 Å². The number of hydrogen-bond donors (Lipinski definition) is 0. The summed E-state index contributed by atoms with van der Waals surface area (Å²) in [6.45, 7) is 0. The molecule has 0 spiro atoms. The molecule has 2 nitrogen and oxygen atoms in total. The summed E-state index contributed by atoms with van der Waals surface area (Å²) in [6.07, 6.45) is 0. The van der Waals surface area contributed by atoms with E-state index in [1.165, 1.54) is 0 Å². The molecule has 2 rings (SSSR count). The number of benzene rings is 2. The molecule has 7 heteroatoms. The Bertz CT molecular complexity index is 717. The Balaban J connectivity index is 2.68. The Morgan fingerprint density at radius 1 is 0.810 bits per heavy atom. The molecule has 0 radical (unpaired) electrons. The number of hydrogen-bond acceptors (Lipinski definition) is 2. The zero-order chi connectivity index (χ0) is 15.6. The molecule has 21 heavy (non-hydrogen) atoms. The molecule has 0 heterocycles. The summed E-state index contributed by atoms with van der Waals surface area (Å²) in [5.41, 5.74) is 0.281. The SMILES string of the molecule is O=S(=O)(c1ccc(F)cc1CCl)c1ccc(F)cc1CCl. The maximum atomic E-state index is 13.2. The third kappa shape index (κ3) is 3.20. The van der Waals surface area contributed by atoms with Gasteiger partial charge in [-0.1, -0.05) is 0 Å². The Hall–Kier alpha value is -1.17. The van der Waals surface area contributed by atoms with Crippen LogP contribution in [-0.2, 0) is 21.6 Å². The highest BCUT2D eigenvalue weighted by atomic mass is 35.5. The monoisotopic (exact) mass is 350 g/mol. The largest absolute Gasteiger partial charge is 0.218 e. The summed E-state index contributed by atoms with van der Waals surface area (Å²) in [6, 6.07) is 6.47. The van der Waals surface area contributed by atoms with Gasteiger partial charge in [0.1, 0.15) is 11.6 Å². The van der Waals surface area contributed by atoms with Gasteiger partial charge in [0.25, 0.3) is 0 Å². The second-order valence-electron chi connectivity index (χ2n) is 4.27. The van der Waals surface area contributed by atoms with Crippen LogP contribution in [0, 0.1) is 11.6 Å². The van der Waals surface area contributed by atoms with E-state index in [1.54, 1.807) is 0 Å². The first-order valence-electron chi connectivity index (χ1n) is 5.84. The molecule has 0 saturated heterocycles. The first-order valence-corrected chi connectivity index (χ1v) is 8.39. The van der Waals surface area contributed by atoms with Crippen LogP contribution in [-0.4, -0.2) is 8.42 Å². The average molecular weight is 351 g/mol. The van der Waals surface area contributed by atoms with E-state index in [4.69, 9.17) is 23.2 Å². The number of rotatable bonds is 4. The van der Waals surface area contributed by atoms with Crippen molar-refractivity contribution in [2.75, 3.05) is 0 Å². The summed E-state index contributed by atoms with van der Waals surface area (Å²) in [5.74, 6) is -1.49. The molecule has 0 N–H and O–H groups in total. The van der Waals surface area contributed by atoms with Crippen molar-refractivity contribution in [3.05, 3.63) is 59.2 Å². The van der Waals surface area contributed by atoms with Crippen molar-refractivity contribution in [3.8, 4) is 0 Å². The molecule has 0 fully saturated rings. The standard InChI is InChI=1S/C14H10Cl2F2O2S/c15-7-9-5-11(17)1-3-13(9)21(19,20)14-4-2-12(18)6-10(14)8-16/h1-6H,7-8H2. The van der Waals surface area contributed by atoms with Gasteiger partial charge in [-0.3, -0.25) is 0 Å². The highest BCUT2D eigenvalue weighted by molar-refractivity contribution is 7.91. The van der Waals surface area contributed by atoms with E-state index in [0.29, 0.717) is 0 Å². The molecule has 0 aromatic heterocycles. The Kier molecular flexibility index (Phi) is 4.86. The maximum Gasteiger partial charge on any atom is 0.207 e. The second kappa shape index (κ2) is 6.30. The van der Waals surface area contributed by atoms with Crippen LogP contribution >= 0.6 is 23.2 Å². The van der Waals surface area contributed by atoms with E-state index in [-0.39, 0.29) is 32.7 Å². The van der Waals surface area contributed by atoms with Gasteiger partial charge in [-0.05, 0) is 47.5 Å². The lowest BCUT2D eigenvalue weighted by Gasteiger charge is -2.12. The summed E-state index contributed by atoms with van der Waals surface area (Å²) in [7, 11) is -3.96. The average Bonchev–Trinajstić information content (AvgIpc) is 2.46. The zero-order valence-corrected chi connectivity index (χ0v) is 12.9. The van der Waals surface area contributed by atoms with E-state index >= 15 is 0 Å². The van der Waals surface area contributed by atoms with E-state index in [1.807, 2.05) is 0 Å². The molecule has 0 bridgehead atoms. The van der Waals surface area contributed by atoms with Gasteiger partial charge in [-0.2, -0.15) is 0 Å². The summed E-state index contributed by atoms with van der Waals surface area (Å²) in [5, 5.41) is 0. The second-order valence-corrected chi connectivity index (χ2v) is 6.70. The summed E-state index contributed by atoms with van der Waals surface area (Å²) >= 11 is 11.4. The molecule has 0 aliphatic heterocycles. The maximum absolute atomic E-state index is 13.2. The van der Waals surface area contributed by atoms with Gasteiger partial charge in [-0.25, -0.2) is 17.2 Å². The van der Waals surface area contributed by atoms with E-state index in [2.05, 4.69) is 0 Å². The Morgan fingerprint density at radius 3 is 1.52 bits per heavy atom. The van der Waals surface area contributed by atoms with Crippen molar-refractivity contribution < 1.29 is 17.2 Å². The van der Waals surface area contributed by atoms with Gasteiger partial charge >= 0.3 is 0 Å². The molecule has 0 aliphatic rings. The van der Waals surface area contributed by atoms with Crippen LogP contribution in [0.1, 0.15) is 11.1 Å². The normalized spacial score (nSPS) is 11.6. The quantitative estimate of drug-likeness (QED) is 0.609. The molecule has 0 atom stereocenters. The topological polar surface area (TPSA) is 34.1 Å². The first-order chi connectivity index (χ1) is 9.90. The van der Waals surface area contributed by atoms with Gasteiger partial charge in [-0.15, -0.1) is 23.2 Å². The Morgan fingerprint density at radius 2 is 1.19 bits per heavy atom. The van der Waals surface area contributed by atoms with Crippen LogP contribution in [0.2, 0.25) is 0 Å². The molecule has 112 valence electrons. The van der Waals surface area contributed by atoms with Gasteiger partial charge in [0.2, 0.25) is 9.84 Å². The predicted molar refractivity (Wildman–Crippen MR) is 77.4 cm³/mol. The van der Waals surface area contributed by atoms with Gasteiger partial charge in [0.05, 0.1) is 9.79 Å². The summed E-state index contributed by atoms with van der Waals surface area (Å²) in [4.78, 5) is -0.228. The molecular weight excluding hydrogens is 341 g/mol. The lowest BCUT2D eigenvalue weighted by molar-refractivity contribution is 0.591. The molecule has 0 unspecified atom stereocenters. The highest BCUT2D eigenvalue weighted by Crippen LogP contribution is 2.29. The smallest absolute Gasteiger partial charge is 0.207 e. The minimum atomic E-state index is -3.96. The van der Waals surface area contributed by atoms with Crippen LogP contribution in [0.4, 0.5) is 8.78 Å². The van der Waals surface area contributed by atoms with E-state index in [9.17, 15) is 17.2 Å². The van der Waals surface area contributed by atoms with Crippen LogP contribution in [0.5, 0.6) is 0 Å².